The molecular formula is C9H21NO2. The summed E-state index contributed by atoms with van der Waals surface area (Å²) in [6, 6.07) is 0.127. The monoisotopic (exact) mass is 175 g/mol. The molecule has 1 atom stereocenters. The fourth-order valence-electron chi connectivity index (χ4n) is 0.411. The van der Waals surface area contributed by atoms with Crippen LogP contribution in [0, 0.1) is 0 Å². The van der Waals surface area contributed by atoms with Gasteiger partial charge in [-0.25, -0.2) is 0 Å². The van der Waals surface area contributed by atoms with Gasteiger partial charge in [0.2, 0.25) is 0 Å². The maximum Gasteiger partial charge on any atom is 0.0701 e. The highest BCUT2D eigenvalue weighted by molar-refractivity contribution is 4.51. The maximum atomic E-state index is 5.41. The first-order chi connectivity index (χ1) is 5.68. The molecule has 3 nitrogen and oxygen atoms in total. The predicted octanol–water partition coefficient (Wildman–Crippen LogP) is 1.19. The number of rotatable bonds is 5. The Balaban J connectivity index is 0. The minimum Gasteiger partial charge on any atom is -0.382 e. The average molecular weight is 175 g/mol. The topological polar surface area (TPSA) is 44.5 Å². The molecule has 0 radical (unpaired) electrons. The van der Waals surface area contributed by atoms with Gasteiger partial charge in [0.25, 0.3) is 0 Å². The van der Waals surface area contributed by atoms with Crippen molar-refractivity contribution in [2.24, 2.45) is 5.73 Å². The molecule has 0 aliphatic carbocycles. The molecule has 0 saturated heterocycles. The van der Waals surface area contributed by atoms with Crippen LogP contribution in [0.3, 0.4) is 0 Å². The van der Waals surface area contributed by atoms with E-state index < -0.39 is 0 Å². The summed E-state index contributed by atoms with van der Waals surface area (Å²) >= 11 is 0. The highest BCUT2D eigenvalue weighted by Crippen LogP contribution is 1.79. The van der Waals surface area contributed by atoms with E-state index >= 15 is 0 Å². The van der Waals surface area contributed by atoms with Gasteiger partial charge in [-0.3, -0.25) is 0 Å². The lowest BCUT2D eigenvalue weighted by Crippen LogP contribution is -2.22. The zero-order chi connectivity index (χ0) is 9.82. The van der Waals surface area contributed by atoms with Crippen molar-refractivity contribution in [2.75, 3.05) is 26.9 Å². The van der Waals surface area contributed by atoms with Crippen LogP contribution in [-0.4, -0.2) is 33.0 Å². The zero-order valence-electron chi connectivity index (χ0n) is 8.38. The fourth-order valence-corrected chi connectivity index (χ4v) is 0.411. The van der Waals surface area contributed by atoms with Gasteiger partial charge in [-0.1, -0.05) is 6.08 Å². The molecule has 0 amide bonds. The van der Waals surface area contributed by atoms with E-state index in [1.165, 1.54) is 0 Å². The first-order valence-corrected chi connectivity index (χ1v) is 4.08. The predicted molar refractivity (Wildman–Crippen MR) is 52.2 cm³/mol. The lowest BCUT2D eigenvalue weighted by atomic mass is 10.4. The summed E-state index contributed by atoms with van der Waals surface area (Å²) in [7, 11) is 1.65. The second-order valence-corrected chi connectivity index (χ2v) is 2.45. The quantitative estimate of drug-likeness (QED) is 0.504. The number of nitrogens with two attached hydrogens (primary N) is 1. The molecule has 0 rings (SSSR count). The summed E-state index contributed by atoms with van der Waals surface area (Å²) in [5, 5.41) is 0. The molecule has 0 spiro atoms. The summed E-state index contributed by atoms with van der Waals surface area (Å²) in [6.07, 6.45) is 1.75. The molecule has 0 aromatic carbocycles. The molecule has 0 bridgehead atoms. The first-order valence-electron chi connectivity index (χ1n) is 4.08. The third-order valence-corrected chi connectivity index (χ3v) is 0.813. The number of ether oxygens (including phenoxy) is 2. The second kappa shape index (κ2) is 13.2. The van der Waals surface area contributed by atoms with E-state index in [4.69, 9.17) is 15.2 Å². The minimum atomic E-state index is 0.127. The molecule has 0 aromatic heterocycles. The summed E-state index contributed by atoms with van der Waals surface area (Å²) < 4.78 is 9.84. The van der Waals surface area contributed by atoms with Crippen LogP contribution in [0.25, 0.3) is 0 Å². The van der Waals surface area contributed by atoms with Crippen molar-refractivity contribution >= 4 is 0 Å². The Morgan fingerprint density at radius 3 is 2.33 bits per heavy atom. The summed E-state index contributed by atoms with van der Waals surface area (Å²) in [6.45, 7) is 9.06. The molecule has 0 aromatic rings. The molecule has 0 fully saturated rings. The van der Waals surface area contributed by atoms with Crippen LogP contribution in [-0.2, 0) is 9.47 Å². The smallest absolute Gasteiger partial charge is 0.0701 e. The van der Waals surface area contributed by atoms with E-state index in [9.17, 15) is 0 Å². The van der Waals surface area contributed by atoms with Gasteiger partial charge in [0.05, 0.1) is 19.8 Å². The molecule has 0 saturated carbocycles. The number of hydrogen-bond acceptors (Lipinski definition) is 3. The van der Waals surface area contributed by atoms with Crippen LogP contribution >= 0.6 is 0 Å². The van der Waals surface area contributed by atoms with E-state index in [2.05, 4.69) is 6.58 Å². The van der Waals surface area contributed by atoms with Crippen LogP contribution in [0.15, 0.2) is 12.7 Å². The van der Waals surface area contributed by atoms with Gasteiger partial charge in [-0.05, 0) is 13.8 Å². The number of methoxy groups -OCH3 is 1. The van der Waals surface area contributed by atoms with E-state index in [1.807, 2.05) is 13.8 Å². The van der Waals surface area contributed by atoms with Crippen molar-refractivity contribution in [1.82, 2.24) is 0 Å². The van der Waals surface area contributed by atoms with Gasteiger partial charge >= 0.3 is 0 Å². The average Bonchev–Trinajstić information content (AvgIpc) is 1.99. The summed E-state index contributed by atoms with van der Waals surface area (Å²) in [4.78, 5) is 0. The van der Waals surface area contributed by atoms with Gasteiger partial charge in [0.15, 0.2) is 0 Å². The van der Waals surface area contributed by atoms with Crippen LogP contribution in [0.1, 0.15) is 13.8 Å². The second-order valence-electron chi connectivity index (χ2n) is 2.45. The first kappa shape index (κ1) is 14.2. The Morgan fingerprint density at radius 1 is 1.50 bits per heavy atom. The normalized spacial score (nSPS) is 11.3. The van der Waals surface area contributed by atoms with Gasteiger partial charge in [-0.2, -0.15) is 0 Å². The Labute approximate surface area is 75.5 Å². The Bertz CT molecular complexity index is 84.6. The van der Waals surface area contributed by atoms with Crippen molar-refractivity contribution in [3.63, 3.8) is 0 Å². The standard InChI is InChI=1S/C6H15NO2.C3H6/c1-6(7)5-9-4-3-8-2;1-3-2/h6H,3-5,7H2,1-2H3;3H,1H2,2H3/t6-;/m0./s1. The third kappa shape index (κ3) is 22.6. The maximum absolute atomic E-state index is 5.41. The van der Waals surface area contributed by atoms with E-state index in [1.54, 1.807) is 13.2 Å². The number of hydrogen-bond donors (Lipinski definition) is 1. The lowest BCUT2D eigenvalue weighted by Gasteiger charge is -2.04. The molecule has 0 unspecified atom stereocenters. The Morgan fingerprint density at radius 2 is 2.00 bits per heavy atom. The molecule has 0 aliphatic rings. The van der Waals surface area contributed by atoms with Crippen molar-refractivity contribution in [3.8, 4) is 0 Å². The molecule has 0 heterocycles. The van der Waals surface area contributed by atoms with Crippen molar-refractivity contribution < 1.29 is 9.47 Å². The van der Waals surface area contributed by atoms with Gasteiger partial charge in [-0.15, -0.1) is 6.58 Å². The molecular weight excluding hydrogens is 154 g/mol. The number of allylic oxidation sites excluding steroid dienone is 1. The van der Waals surface area contributed by atoms with Crippen LogP contribution < -0.4 is 5.73 Å². The highest BCUT2D eigenvalue weighted by atomic mass is 16.5. The van der Waals surface area contributed by atoms with Crippen LogP contribution in [0.2, 0.25) is 0 Å². The van der Waals surface area contributed by atoms with E-state index in [-0.39, 0.29) is 6.04 Å². The van der Waals surface area contributed by atoms with Gasteiger partial charge in [0, 0.05) is 13.2 Å². The molecule has 2 N–H and O–H groups in total. The SMILES string of the molecule is C=CC.COCCOC[C@H](C)N. The molecule has 0 aliphatic heterocycles. The van der Waals surface area contributed by atoms with Crippen LogP contribution in [0.4, 0.5) is 0 Å². The molecule has 12 heavy (non-hydrogen) atoms. The van der Waals surface area contributed by atoms with Crippen molar-refractivity contribution in [2.45, 2.75) is 19.9 Å². The summed E-state index contributed by atoms with van der Waals surface area (Å²) in [5.41, 5.74) is 5.41. The van der Waals surface area contributed by atoms with E-state index in [0.717, 1.165) is 0 Å². The van der Waals surface area contributed by atoms with Gasteiger partial charge in [0.1, 0.15) is 0 Å². The minimum absolute atomic E-state index is 0.127. The van der Waals surface area contributed by atoms with Crippen molar-refractivity contribution in [1.29, 1.82) is 0 Å². The van der Waals surface area contributed by atoms with Gasteiger partial charge < -0.3 is 15.2 Å². The van der Waals surface area contributed by atoms with Crippen LogP contribution in [0.5, 0.6) is 0 Å². The third-order valence-electron chi connectivity index (χ3n) is 0.813. The molecule has 74 valence electrons. The molecule has 3 heteroatoms. The Kier molecular flexibility index (Phi) is 15.6. The summed E-state index contributed by atoms with van der Waals surface area (Å²) in [5.74, 6) is 0. The highest BCUT2D eigenvalue weighted by Gasteiger charge is 1.91. The van der Waals surface area contributed by atoms with E-state index in [0.29, 0.717) is 19.8 Å². The Hall–Kier alpha value is -0.380. The lowest BCUT2D eigenvalue weighted by molar-refractivity contribution is 0.0656. The van der Waals surface area contributed by atoms with Crippen molar-refractivity contribution in [3.05, 3.63) is 12.7 Å². The largest absolute Gasteiger partial charge is 0.382 e. The zero-order valence-corrected chi connectivity index (χ0v) is 8.38. The fraction of sp³-hybridized carbons (Fsp3) is 0.778.